The van der Waals surface area contributed by atoms with E-state index < -0.39 is 23.0 Å². The first-order valence-corrected chi connectivity index (χ1v) is 32.9. The minimum atomic E-state index is -0.798. The summed E-state index contributed by atoms with van der Waals surface area (Å²) in [7, 11) is 1.52. The number of imide groups is 1. The molecule has 5 aliphatic rings. The van der Waals surface area contributed by atoms with Crippen molar-refractivity contribution in [3.63, 3.8) is 0 Å². The van der Waals surface area contributed by atoms with Gasteiger partial charge in [-0.05, 0) is 90.4 Å². The highest BCUT2D eigenvalue weighted by atomic mass is 16.6. The van der Waals surface area contributed by atoms with Crippen LogP contribution in [0.5, 0.6) is 23.0 Å². The van der Waals surface area contributed by atoms with Crippen molar-refractivity contribution >= 4 is 87.8 Å². The Morgan fingerprint density at radius 1 is 0.667 bits per heavy atom. The summed E-state index contributed by atoms with van der Waals surface area (Å²) < 4.78 is 40.4. The molecule has 9 rings (SSSR count). The third-order valence-electron chi connectivity index (χ3n) is 17.5. The molecular weight excluding hydrogens is 1230 g/mol. The minimum absolute atomic E-state index is 0.0294. The van der Waals surface area contributed by atoms with Crippen LogP contribution in [0.25, 0.3) is 11.1 Å². The van der Waals surface area contributed by atoms with Crippen molar-refractivity contribution in [2.24, 2.45) is 27.7 Å². The number of Topliss-reactive ketones (excluding diaryl/α,β-unsaturated/α-hetero) is 1. The Morgan fingerprint density at radius 3 is 1.76 bits per heavy atom. The fourth-order valence-electron chi connectivity index (χ4n) is 12.0. The van der Waals surface area contributed by atoms with Crippen LogP contribution >= 0.6 is 0 Å². The third-order valence-corrected chi connectivity index (χ3v) is 17.5. The van der Waals surface area contributed by atoms with Crippen LogP contribution < -0.4 is 30.2 Å². The maximum absolute atomic E-state index is 14.4. The van der Waals surface area contributed by atoms with Crippen LogP contribution in [0, 0.1) is 17.8 Å². The highest BCUT2D eigenvalue weighted by molar-refractivity contribution is 6.08. The van der Waals surface area contributed by atoms with E-state index in [0.717, 1.165) is 32.7 Å². The number of amides is 7. The van der Waals surface area contributed by atoms with Crippen LogP contribution in [0.4, 0.5) is 17.1 Å². The van der Waals surface area contributed by atoms with Crippen LogP contribution in [-0.2, 0) is 54.1 Å². The van der Waals surface area contributed by atoms with Gasteiger partial charge in [0, 0.05) is 113 Å². The van der Waals surface area contributed by atoms with Gasteiger partial charge in [-0.3, -0.25) is 53.2 Å². The van der Waals surface area contributed by atoms with Crippen molar-refractivity contribution in [3.05, 3.63) is 113 Å². The topological polar surface area (TPSA) is 292 Å². The standard InChI is InChI=1S/C72H88N8O16/c1-9-48-35-55-57(74-43-71(6)40-52(42-79(71)69(55)88)50-13-17-54(81)18-14-50)37-60(48)95-23-10-24-96-62-38-58-56(36-61(62)90-8)70(89)80-41-51(39-72(80,7)44-75-58)49-11-15-53(16-12-49)76-67(86)46(4)33-59(82)66(45(2)3)77-64(84)20-25-91-27-29-93-31-32-94-30-28-92-26-21-73-63(83)19-22-78-65(85)34-47(5)68(78)87/h11-18,35-38,41-47,66,81H,9-10,19-34,39-40H2,1-8H3,(H,73,83)(H,76,86)(H,77,84)/t46-,47?,66+,71-,72-/m1/s1. The number of nitrogens with zero attached hydrogens (tertiary/aromatic N) is 5. The third kappa shape index (κ3) is 17.7. The summed E-state index contributed by atoms with van der Waals surface area (Å²) in [6.45, 7) is 16.2. The van der Waals surface area contributed by atoms with E-state index in [9.17, 15) is 43.5 Å². The molecule has 1 saturated heterocycles. The lowest BCUT2D eigenvalue weighted by Crippen LogP contribution is -2.45. The van der Waals surface area contributed by atoms with E-state index in [1.807, 2.05) is 89.6 Å². The number of carbonyl (C=O) groups is 8. The zero-order chi connectivity index (χ0) is 68.7. The van der Waals surface area contributed by atoms with Crippen LogP contribution in [0.2, 0.25) is 0 Å². The molecule has 5 heterocycles. The number of fused-ring (bicyclic) bond motifs is 4. The van der Waals surface area contributed by atoms with Gasteiger partial charge in [0.1, 0.15) is 11.5 Å². The number of likely N-dealkylation sites (tertiary alicyclic amines) is 1. The van der Waals surface area contributed by atoms with Gasteiger partial charge in [-0.2, -0.15) is 0 Å². The molecule has 1 fully saturated rings. The molecule has 0 aliphatic carbocycles. The number of hydrogen-bond donors (Lipinski definition) is 4. The number of anilines is 1. The smallest absolute Gasteiger partial charge is 0.260 e. The number of phenolic OH excluding ortho intramolecular Hbond substituents is 1. The SMILES string of the molecule is CCc1cc2c(cc1OCCCOc1cc3c(cc1OC)C(=O)N1C=C(c4ccc(NC(=O)[C@H](C)CC(=O)[C@@H](NC(=O)CCOCCOCCOCCOCCNC(=O)CCN5C(=O)CC(C)C5=O)C(C)C)cc4)C[C@]1(C)C=N3)N=C[C@@]1(C)CC(c3ccc(O)cc3)=CN1C2=O. The van der Waals surface area contributed by atoms with Crippen molar-refractivity contribution < 1.29 is 76.6 Å². The Hall–Kier alpha value is -9.10. The van der Waals surface area contributed by atoms with Gasteiger partial charge < -0.3 is 64.0 Å². The summed E-state index contributed by atoms with van der Waals surface area (Å²) in [5, 5.41) is 18.2. The van der Waals surface area contributed by atoms with Gasteiger partial charge in [0.05, 0.1) is 113 Å². The highest BCUT2D eigenvalue weighted by Gasteiger charge is 2.44. The average molecular weight is 1320 g/mol. The van der Waals surface area contributed by atoms with E-state index in [0.29, 0.717) is 104 Å². The number of ether oxygens (including phenoxy) is 7. The molecule has 1 unspecified atom stereocenters. The van der Waals surface area contributed by atoms with Crippen molar-refractivity contribution in [1.82, 2.24) is 25.3 Å². The van der Waals surface area contributed by atoms with E-state index in [-0.39, 0.29) is 137 Å². The van der Waals surface area contributed by atoms with E-state index in [1.54, 1.807) is 66.3 Å². The molecule has 4 N–H and O–H groups in total. The van der Waals surface area contributed by atoms with Crippen LogP contribution in [0.15, 0.2) is 95.2 Å². The first-order valence-electron chi connectivity index (χ1n) is 32.9. The molecule has 0 radical (unpaired) electrons. The largest absolute Gasteiger partial charge is 0.508 e. The summed E-state index contributed by atoms with van der Waals surface area (Å²) in [6.07, 6.45) is 9.65. The van der Waals surface area contributed by atoms with Crippen LogP contribution in [0.1, 0.15) is 131 Å². The summed E-state index contributed by atoms with van der Waals surface area (Å²) in [5.74, 6) is -1.79. The second-order valence-corrected chi connectivity index (χ2v) is 25.4. The first-order chi connectivity index (χ1) is 46.1. The normalized spacial score (nSPS) is 19.2. The predicted molar refractivity (Wildman–Crippen MR) is 360 cm³/mol. The zero-order valence-electron chi connectivity index (χ0n) is 56.0. The Labute approximate surface area is 559 Å². The first kappa shape index (κ1) is 71.2. The molecule has 0 saturated carbocycles. The second kappa shape index (κ2) is 32.6. The van der Waals surface area contributed by atoms with Crippen molar-refractivity contribution in [1.29, 1.82) is 0 Å². The van der Waals surface area contributed by atoms with Gasteiger partial charge >= 0.3 is 0 Å². The molecular formula is C72H88N8O16. The number of nitrogens with one attached hydrogen (secondary N) is 3. The lowest BCUT2D eigenvalue weighted by molar-refractivity contribution is -0.139. The van der Waals surface area contributed by atoms with Gasteiger partial charge in [0.2, 0.25) is 29.5 Å². The molecule has 0 bridgehead atoms. The lowest BCUT2D eigenvalue weighted by Gasteiger charge is -2.29. The van der Waals surface area contributed by atoms with Crippen molar-refractivity contribution in [3.8, 4) is 23.0 Å². The number of rotatable bonds is 35. The fraction of sp³-hybridized carbons (Fsp3) is 0.472. The number of methoxy groups -OCH3 is 1. The molecule has 5 aliphatic heterocycles. The van der Waals surface area contributed by atoms with Gasteiger partial charge in [-0.25, -0.2) is 0 Å². The summed E-state index contributed by atoms with van der Waals surface area (Å²) >= 11 is 0. The number of aromatic hydroxyl groups is 1. The van der Waals surface area contributed by atoms with Gasteiger partial charge in [-0.15, -0.1) is 0 Å². The molecule has 7 amide bonds. The van der Waals surface area contributed by atoms with Gasteiger partial charge in [0.25, 0.3) is 11.8 Å². The molecule has 24 nitrogen and oxygen atoms in total. The zero-order valence-corrected chi connectivity index (χ0v) is 56.0. The Kier molecular flexibility index (Phi) is 24.1. The molecule has 96 heavy (non-hydrogen) atoms. The predicted octanol–water partition coefficient (Wildman–Crippen LogP) is 8.57. The summed E-state index contributed by atoms with van der Waals surface area (Å²) in [6, 6.07) is 20.5. The van der Waals surface area contributed by atoms with Crippen LogP contribution in [-0.4, -0.2) is 183 Å². The van der Waals surface area contributed by atoms with E-state index >= 15 is 0 Å². The van der Waals surface area contributed by atoms with E-state index in [1.165, 1.54) is 7.11 Å². The number of carbonyl (C=O) groups excluding carboxylic acids is 8. The number of benzene rings is 4. The molecule has 4 aromatic rings. The second-order valence-electron chi connectivity index (χ2n) is 25.4. The quantitative estimate of drug-likeness (QED) is 0.0248. The Balaban J connectivity index is 0.658. The Morgan fingerprint density at radius 2 is 1.21 bits per heavy atom. The monoisotopic (exact) mass is 1320 g/mol. The number of hydrogen-bond acceptors (Lipinski definition) is 18. The fourth-order valence-corrected chi connectivity index (χ4v) is 12.0. The minimum Gasteiger partial charge on any atom is -0.508 e. The molecule has 0 aromatic heterocycles. The van der Waals surface area contributed by atoms with Gasteiger partial charge in [0.15, 0.2) is 17.3 Å². The molecule has 5 atom stereocenters. The van der Waals surface area contributed by atoms with Crippen molar-refractivity contribution in [2.75, 3.05) is 91.6 Å². The maximum Gasteiger partial charge on any atom is 0.260 e. The molecule has 0 spiro atoms. The molecule has 24 heteroatoms. The molecule has 512 valence electrons. The highest BCUT2D eigenvalue weighted by Crippen LogP contribution is 2.45. The Bertz CT molecular complexity index is 3660. The number of aryl methyl sites for hydroxylation is 1. The van der Waals surface area contributed by atoms with E-state index in [2.05, 4.69) is 16.0 Å². The molecule has 4 aromatic carbocycles. The summed E-state index contributed by atoms with van der Waals surface area (Å²) in [4.78, 5) is 118. The summed E-state index contributed by atoms with van der Waals surface area (Å²) in [5.41, 5.74) is 5.40. The maximum atomic E-state index is 14.4. The average Bonchev–Trinajstić information content (AvgIpc) is 1.61. The van der Waals surface area contributed by atoms with Gasteiger partial charge in [-0.1, -0.05) is 58.9 Å². The number of phenols is 1. The number of ketones is 1. The number of aliphatic imine (C=N–C) groups is 2. The van der Waals surface area contributed by atoms with Crippen molar-refractivity contribution in [2.45, 2.75) is 117 Å². The lowest BCUT2D eigenvalue weighted by atomic mass is 9.92. The van der Waals surface area contributed by atoms with Crippen LogP contribution in [0.3, 0.4) is 0 Å². The van der Waals surface area contributed by atoms with E-state index in [4.69, 9.17) is 43.1 Å².